The topological polar surface area (TPSA) is 49.4 Å². The van der Waals surface area contributed by atoms with Gasteiger partial charge in [-0.3, -0.25) is 9.59 Å². The van der Waals surface area contributed by atoms with Crippen LogP contribution in [0.5, 0.6) is 0 Å². The summed E-state index contributed by atoms with van der Waals surface area (Å²) in [5.74, 6) is 0.181. The van der Waals surface area contributed by atoms with Crippen LogP contribution in [0.3, 0.4) is 0 Å². The molecule has 0 radical (unpaired) electrons. The second kappa shape index (κ2) is 6.50. The number of hydrogen-bond donors (Lipinski definition) is 1. The third-order valence-corrected chi connectivity index (χ3v) is 4.69. The molecule has 4 nitrogen and oxygen atoms in total. The third kappa shape index (κ3) is 3.46. The minimum absolute atomic E-state index is 0.0861. The Balaban J connectivity index is 1.90. The van der Waals surface area contributed by atoms with Crippen molar-refractivity contribution in [2.75, 3.05) is 19.6 Å². The van der Waals surface area contributed by atoms with Crippen LogP contribution in [0.4, 0.5) is 0 Å². The van der Waals surface area contributed by atoms with Crippen molar-refractivity contribution in [3.8, 4) is 0 Å². The fraction of sp³-hybridized carbons (Fsp3) is 0.600. The lowest BCUT2D eigenvalue weighted by Crippen LogP contribution is -2.52. The van der Waals surface area contributed by atoms with Crippen molar-refractivity contribution in [3.63, 3.8) is 0 Å². The molecule has 1 aliphatic rings. The number of thiophene rings is 1. The van der Waals surface area contributed by atoms with Gasteiger partial charge in [-0.05, 0) is 26.8 Å². The number of carbonyl (C=O) groups is 2. The lowest BCUT2D eigenvalue weighted by atomic mass is 10.1. The van der Waals surface area contributed by atoms with Crippen LogP contribution < -0.4 is 5.32 Å². The third-order valence-electron chi connectivity index (χ3n) is 3.73. The summed E-state index contributed by atoms with van der Waals surface area (Å²) in [6.45, 7) is 8.42. The monoisotopic (exact) mass is 294 g/mol. The second-order valence-electron chi connectivity index (χ2n) is 5.39. The lowest BCUT2D eigenvalue weighted by molar-refractivity contribution is -0.133. The summed E-state index contributed by atoms with van der Waals surface area (Å²) < 4.78 is 0. The summed E-state index contributed by atoms with van der Waals surface area (Å²) in [6.07, 6.45) is 0.629. The van der Waals surface area contributed by atoms with Gasteiger partial charge in [0, 0.05) is 53.8 Å². The normalized spacial score (nSPS) is 19.1. The summed E-state index contributed by atoms with van der Waals surface area (Å²) in [5.41, 5.74) is 0.786. The van der Waals surface area contributed by atoms with E-state index in [0.29, 0.717) is 12.8 Å². The van der Waals surface area contributed by atoms with Crippen molar-refractivity contribution >= 4 is 23.0 Å². The van der Waals surface area contributed by atoms with Crippen molar-refractivity contribution in [1.29, 1.82) is 0 Å². The number of amides is 1. The molecule has 1 fully saturated rings. The number of aryl methyl sites for hydroxylation is 2. The molecule has 1 amide bonds. The van der Waals surface area contributed by atoms with Gasteiger partial charge in [0.05, 0.1) is 0 Å². The number of rotatable bonds is 4. The van der Waals surface area contributed by atoms with Crippen LogP contribution in [0, 0.1) is 13.8 Å². The van der Waals surface area contributed by atoms with Crippen molar-refractivity contribution in [2.45, 2.75) is 39.7 Å². The largest absolute Gasteiger partial charge is 0.337 e. The zero-order valence-corrected chi connectivity index (χ0v) is 13.2. The molecule has 0 aromatic carbocycles. The molecule has 5 heteroatoms. The van der Waals surface area contributed by atoms with Gasteiger partial charge in [-0.2, -0.15) is 0 Å². The summed E-state index contributed by atoms with van der Waals surface area (Å²) in [5, 5.41) is 3.26. The van der Waals surface area contributed by atoms with Crippen molar-refractivity contribution in [2.24, 2.45) is 0 Å². The minimum atomic E-state index is 0.0861. The standard InChI is InChI=1S/C15H22N2O2S/c1-10-9-16-6-7-17(10)15(19)5-4-14(18)13-8-11(2)20-12(13)3/h8,10,16H,4-7,9H2,1-3H3. The first-order valence-electron chi connectivity index (χ1n) is 7.09. The lowest BCUT2D eigenvalue weighted by Gasteiger charge is -2.34. The highest BCUT2D eigenvalue weighted by atomic mass is 32.1. The average molecular weight is 294 g/mol. The Morgan fingerprint density at radius 2 is 2.15 bits per heavy atom. The first kappa shape index (κ1) is 15.2. The predicted octanol–water partition coefficient (Wildman–Crippen LogP) is 2.15. The van der Waals surface area contributed by atoms with E-state index in [-0.39, 0.29) is 17.7 Å². The van der Waals surface area contributed by atoms with E-state index in [1.54, 1.807) is 11.3 Å². The van der Waals surface area contributed by atoms with Crippen LogP contribution in [-0.2, 0) is 4.79 Å². The van der Waals surface area contributed by atoms with Crippen LogP contribution in [0.1, 0.15) is 39.9 Å². The Morgan fingerprint density at radius 3 is 2.75 bits per heavy atom. The van der Waals surface area contributed by atoms with Gasteiger partial charge in [0.25, 0.3) is 0 Å². The van der Waals surface area contributed by atoms with E-state index in [0.717, 1.165) is 35.0 Å². The number of hydrogen-bond acceptors (Lipinski definition) is 4. The Labute approximate surface area is 124 Å². The average Bonchev–Trinajstić information content (AvgIpc) is 2.75. The van der Waals surface area contributed by atoms with Gasteiger partial charge in [0.15, 0.2) is 5.78 Å². The van der Waals surface area contributed by atoms with Crippen LogP contribution in [0.2, 0.25) is 0 Å². The van der Waals surface area contributed by atoms with Gasteiger partial charge in [-0.15, -0.1) is 11.3 Å². The summed E-state index contributed by atoms with van der Waals surface area (Å²) in [7, 11) is 0. The Kier molecular flexibility index (Phi) is 4.94. The molecule has 0 aliphatic carbocycles. The van der Waals surface area contributed by atoms with E-state index in [1.807, 2.05) is 31.7 Å². The van der Waals surface area contributed by atoms with Crippen LogP contribution in [-0.4, -0.2) is 42.3 Å². The Bertz CT molecular complexity index is 510. The molecule has 1 N–H and O–H groups in total. The van der Waals surface area contributed by atoms with Gasteiger partial charge in [0.1, 0.15) is 0 Å². The smallest absolute Gasteiger partial charge is 0.223 e. The molecule has 2 rings (SSSR count). The van der Waals surface area contributed by atoms with E-state index >= 15 is 0 Å². The molecule has 0 bridgehead atoms. The van der Waals surface area contributed by atoms with Crippen LogP contribution in [0.15, 0.2) is 6.07 Å². The molecule has 1 atom stereocenters. The highest BCUT2D eigenvalue weighted by Crippen LogP contribution is 2.22. The maximum atomic E-state index is 12.2. The molecule has 1 unspecified atom stereocenters. The number of Topliss-reactive ketones (excluding diaryl/α,β-unsaturated/α-hetero) is 1. The molecule has 1 aromatic heterocycles. The number of piperazine rings is 1. The number of nitrogens with one attached hydrogen (secondary N) is 1. The number of ketones is 1. The van der Waals surface area contributed by atoms with Crippen molar-refractivity contribution < 1.29 is 9.59 Å². The highest BCUT2D eigenvalue weighted by Gasteiger charge is 2.23. The highest BCUT2D eigenvalue weighted by molar-refractivity contribution is 7.12. The van der Waals surface area contributed by atoms with Crippen LogP contribution in [0.25, 0.3) is 0 Å². The summed E-state index contributed by atoms with van der Waals surface area (Å²) >= 11 is 1.64. The Morgan fingerprint density at radius 1 is 1.40 bits per heavy atom. The molecule has 0 saturated carbocycles. The molecule has 1 aromatic rings. The fourth-order valence-corrected chi connectivity index (χ4v) is 3.56. The molecule has 1 saturated heterocycles. The number of nitrogens with zero attached hydrogens (tertiary/aromatic N) is 1. The number of carbonyl (C=O) groups excluding carboxylic acids is 2. The van der Waals surface area contributed by atoms with Crippen molar-refractivity contribution in [1.82, 2.24) is 10.2 Å². The minimum Gasteiger partial charge on any atom is -0.337 e. The summed E-state index contributed by atoms with van der Waals surface area (Å²) in [4.78, 5) is 28.4. The first-order chi connectivity index (χ1) is 9.49. The maximum absolute atomic E-state index is 12.2. The van der Waals surface area contributed by atoms with Gasteiger partial charge in [0.2, 0.25) is 5.91 Å². The molecular weight excluding hydrogens is 272 g/mol. The predicted molar refractivity (Wildman–Crippen MR) is 81.4 cm³/mol. The van der Waals surface area contributed by atoms with E-state index in [4.69, 9.17) is 0 Å². The SMILES string of the molecule is Cc1cc(C(=O)CCC(=O)N2CCNCC2C)c(C)s1. The van der Waals surface area contributed by atoms with Gasteiger partial charge >= 0.3 is 0 Å². The van der Waals surface area contributed by atoms with E-state index in [1.165, 1.54) is 0 Å². The zero-order chi connectivity index (χ0) is 14.7. The fourth-order valence-electron chi connectivity index (χ4n) is 2.62. The van der Waals surface area contributed by atoms with Gasteiger partial charge in [-0.1, -0.05) is 0 Å². The maximum Gasteiger partial charge on any atom is 0.223 e. The molecule has 20 heavy (non-hydrogen) atoms. The second-order valence-corrected chi connectivity index (χ2v) is 6.85. The van der Waals surface area contributed by atoms with Crippen LogP contribution >= 0.6 is 11.3 Å². The summed E-state index contributed by atoms with van der Waals surface area (Å²) in [6, 6.07) is 2.15. The van der Waals surface area contributed by atoms with Gasteiger partial charge in [-0.25, -0.2) is 0 Å². The van der Waals surface area contributed by atoms with Crippen molar-refractivity contribution in [3.05, 3.63) is 21.4 Å². The van der Waals surface area contributed by atoms with E-state index < -0.39 is 0 Å². The molecule has 110 valence electrons. The Hall–Kier alpha value is -1.20. The zero-order valence-electron chi connectivity index (χ0n) is 12.4. The molecular formula is C15H22N2O2S. The quantitative estimate of drug-likeness (QED) is 0.866. The molecule has 0 spiro atoms. The van der Waals surface area contributed by atoms with E-state index in [2.05, 4.69) is 5.32 Å². The molecule has 2 heterocycles. The van der Waals surface area contributed by atoms with Gasteiger partial charge < -0.3 is 10.2 Å². The molecule has 1 aliphatic heterocycles. The van der Waals surface area contributed by atoms with E-state index in [9.17, 15) is 9.59 Å². The first-order valence-corrected chi connectivity index (χ1v) is 7.91.